The maximum absolute atomic E-state index is 5.23. The van der Waals surface area contributed by atoms with Crippen molar-refractivity contribution in [1.82, 2.24) is 19.5 Å². The van der Waals surface area contributed by atoms with Gasteiger partial charge in [-0.05, 0) is 32.0 Å². The van der Waals surface area contributed by atoms with Crippen LogP contribution in [0.2, 0.25) is 0 Å². The molecule has 0 N–H and O–H groups in total. The monoisotopic (exact) mass is 274 g/mol. The number of hydrogen-bond acceptors (Lipinski definition) is 4. The molecule has 0 saturated carbocycles. The zero-order valence-corrected chi connectivity index (χ0v) is 12.2. The second-order valence-corrected chi connectivity index (χ2v) is 5.39. The molecule has 1 unspecified atom stereocenters. The Morgan fingerprint density at radius 2 is 2.25 bits per heavy atom. The molecule has 1 aliphatic rings. The highest BCUT2D eigenvalue weighted by Crippen LogP contribution is 2.21. The van der Waals surface area contributed by atoms with E-state index < -0.39 is 0 Å². The maximum atomic E-state index is 5.23. The van der Waals surface area contributed by atoms with Gasteiger partial charge in [-0.2, -0.15) is 0 Å². The third kappa shape index (κ3) is 2.50. The fraction of sp³-hybridized carbons (Fsp3) is 0.600. The Morgan fingerprint density at radius 1 is 1.35 bits per heavy atom. The van der Waals surface area contributed by atoms with E-state index in [1.165, 1.54) is 25.8 Å². The van der Waals surface area contributed by atoms with Crippen LogP contribution in [0.4, 0.5) is 0 Å². The van der Waals surface area contributed by atoms with Crippen LogP contribution in [0.15, 0.2) is 18.3 Å². The molecular weight excluding hydrogens is 252 g/mol. The number of aromatic nitrogens is 3. The Labute approximate surface area is 119 Å². The topological polar surface area (TPSA) is 42.7 Å². The lowest BCUT2D eigenvalue weighted by Crippen LogP contribution is -2.40. The van der Waals surface area contributed by atoms with Crippen LogP contribution < -0.4 is 4.74 Å². The van der Waals surface area contributed by atoms with Crippen LogP contribution in [0.25, 0.3) is 5.65 Å². The minimum atomic E-state index is 0.600. The number of rotatable bonds is 4. The summed E-state index contributed by atoms with van der Waals surface area (Å²) in [5, 5.41) is 8.62. The van der Waals surface area contributed by atoms with Gasteiger partial charge in [0.05, 0.1) is 7.11 Å². The third-order valence-corrected chi connectivity index (χ3v) is 4.26. The summed E-state index contributed by atoms with van der Waals surface area (Å²) in [6, 6.07) is 4.48. The van der Waals surface area contributed by atoms with E-state index in [1.807, 2.05) is 18.3 Å². The molecule has 0 amide bonds. The van der Waals surface area contributed by atoms with Gasteiger partial charge in [-0.1, -0.05) is 13.3 Å². The summed E-state index contributed by atoms with van der Waals surface area (Å²) < 4.78 is 7.30. The molecule has 1 fully saturated rings. The Kier molecular flexibility index (Phi) is 3.87. The molecular formula is C15H22N4O. The average molecular weight is 274 g/mol. The van der Waals surface area contributed by atoms with Crippen molar-refractivity contribution in [3.63, 3.8) is 0 Å². The lowest BCUT2D eigenvalue weighted by Gasteiger charge is -2.34. The van der Waals surface area contributed by atoms with Crippen LogP contribution in [0.5, 0.6) is 5.75 Å². The first-order valence-corrected chi connectivity index (χ1v) is 7.43. The number of likely N-dealkylation sites (N-methyl/N-ethyl adjacent to an activating group) is 1. The minimum absolute atomic E-state index is 0.600. The van der Waals surface area contributed by atoms with Gasteiger partial charge in [-0.25, -0.2) is 0 Å². The van der Waals surface area contributed by atoms with Crippen molar-refractivity contribution in [2.75, 3.05) is 20.2 Å². The highest BCUT2D eigenvalue weighted by molar-refractivity contribution is 5.44. The number of likely N-dealkylation sites (tertiary alicyclic amines) is 1. The Bertz CT molecular complexity index is 580. The molecule has 3 rings (SSSR count). The van der Waals surface area contributed by atoms with Crippen LogP contribution >= 0.6 is 0 Å². The fourth-order valence-electron chi connectivity index (χ4n) is 3.11. The molecule has 2 aromatic heterocycles. The van der Waals surface area contributed by atoms with Crippen molar-refractivity contribution in [2.45, 2.75) is 38.6 Å². The van der Waals surface area contributed by atoms with E-state index in [9.17, 15) is 0 Å². The Hall–Kier alpha value is -1.62. The maximum Gasteiger partial charge on any atom is 0.164 e. The number of hydrogen-bond donors (Lipinski definition) is 0. The van der Waals surface area contributed by atoms with Gasteiger partial charge in [-0.15, -0.1) is 10.2 Å². The molecule has 0 aromatic carbocycles. The molecule has 20 heavy (non-hydrogen) atoms. The first kappa shape index (κ1) is 13.4. The van der Waals surface area contributed by atoms with Crippen molar-refractivity contribution < 1.29 is 4.74 Å². The van der Waals surface area contributed by atoms with Gasteiger partial charge in [0.1, 0.15) is 11.6 Å². The zero-order chi connectivity index (χ0) is 13.9. The van der Waals surface area contributed by atoms with Crippen LogP contribution in [0, 0.1) is 0 Å². The van der Waals surface area contributed by atoms with Gasteiger partial charge in [0, 0.05) is 24.7 Å². The van der Waals surface area contributed by atoms with E-state index in [0.717, 1.165) is 30.2 Å². The molecule has 1 saturated heterocycles. The highest BCUT2D eigenvalue weighted by Gasteiger charge is 2.23. The van der Waals surface area contributed by atoms with E-state index >= 15 is 0 Å². The van der Waals surface area contributed by atoms with Gasteiger partial charge in [-0.3, -0.25) is 4.40 Å². The van der Waals surface area contributed by atoms with Crippen LogP contribution in [0.1, 0.15) is 32.0 Å². The third-order valence-electron chi connectivity index (χ3n) is 4.26. The molecule has 0 bridgehead atoms. The summed E-state index contributed by atoms with van der Waals surface area (Å²) in [5.41, 5.74) is 0.859. The SMILES string of the molecule is CCN1CCCCC1Cc1nnc2cc(OC)ccn12. The molecule has 2 aromatic rings. The number of nitrogens with zero attached hydrogens (tertiary/aromatic N) is 4. The number of piperidine rings is 1. The number of ether oxygens (including phenoxy) is 1. The predicted molar refractivity (Wildman–Crippen MR) is 78.1 cm³/mol. The van der Waals surface area contributed by atoms with Crippen molar-refractivity contribution in [2.24, 2.45) is 0 Å². The Balaban J connectivity index is 1.83. The van der Waals surface area contributed by atoms with Gasteiger partial charge in [0.15, 0.2) is 5.65 Å². The van der Waals surface area contributed by atoms with E-state index in [2.05, 4.69) is 26.4 Å². The standard InChI is InChI=1S/C15H22N4O/c1-3-18-8-5-4-6-12(18)10-14-16-17-15-11-13(20-2)7-9-19(14)15/h7,9,11-12H,3-6,8,10H2,1-2H3. The zero-order valence-electron chi connectivity index (χ0n) is 12.2. The number of pyridine rings is 1. The van der Waals surface area contributed by atoms with Crippen molar-refractivity contribution >= 4 is 5.65 Å². The van der Waals surface area contributed by atoms with E-state index in [-0.39, 0.29) is 0 Å². The lowest BCUT2D eigenvalue weighted by atomic mass is 9.99. The summed E-state index contributed by atoms with van der Waals surface area (Å²) >= 11 is 0. The van der Waals surface area contributed by atoms with Gasteiger partial charge < -0.3 is 9.64 Å². The van der Waals surface area contributed by atoms with Gasteiger partial charge >= 0.3 is 0 Å². The van der Waals surface area contributed by atoms with Crippen molar-refractivity contribution in [3.8, 4) is 5.75 Å². The molecule has 1 aliphatic heterocycles. The first-order chi connectivity index (χ1) is 9.81. The molecule has 0 spiro atoms. The first-order valence-electron chi connectivity index (χ1n) is 7.43. The number of methoxy groups -OCH3 is 1. The summed E-state index contributed by atoms with van der Waals surface area (Å²) in [6.07, 6.45) is 6.89. The number of fused-ring (bicyclic) bond motifs is 1. The molecule has 0 radical (unpaired) electrons. The van der Waals surface area contributed by atoms with E-state index in [4.69, 9.17) is 4.74 Å². The van der Waals surface area contributed by atoms with Crippen LogP contribution in [-0.2, 0) is 6.42 Å². The summed E-state index contributed by atoms with van der Waals surface area (Å²) in [5.74, 6) is 1.87. The molecule has 5 heteroatoms. The van der Waals surface area contributed by atoms with Gasteiger partial charge in [0.2, 0.25) is 0 Å². The lowest BCUT2D eigenvalue weighted by molar-refractivity contribution is 0.153. The molecule has 5 nitrogen and oxygen atoms in total. The summed E-state index contributed by atoms with van der Waals surface area (Å²) in [6.45, 7) is 4.58. The predicted octanol–water partition coefficient (Wildman–Crippen LogP) is 2.15. The summed E-state index contributed by atoms with van der Waals surface area (Å²) in [7, 11) is 1.67. The summed E-state index contributed by atoms with van der Waals surface area (Å²) in [4.78, 5) is 2.56. The van der Waals surface area contributed by atoms with Crippen molar-refractivity contribution in [1.29, 1.82) is 0 Å². The van der Waals surface area contributed by atoms with Crippen LogP contribution in [-0.4, -0.2) is 45.7 Å². The largest absolute Gasteiger partial charge is 0.497 e. The van der Waals surface area contributed by atoms with Crippen molar-refractivity contribution in [3.05, 3.63) is 24.2 Å². The fourth-order valence-corrected chi connectivity index (χ4v) is 3.11. The normalized spacial score (nSPS) is 20.4. The molecule has 0 aliphatic carbocycles. The second-order valence-electron chi connectivity index (χ2n) is 5.39. The van der Waals surface area contributed by atoms with Gasteiger partial charge in [0.25, 0.3) is 0 Å². The second kappa shape index (κ2) is 5.79. The minimum Gasteiger partial charge on any atom is -0.497 e. The Morgan fingerprint density at radius 3 is 3.05 bits per heavy atom. The highest BCUT2D eigenvalue weighted by atomic mass is 16.5. The molecule has 108 valence electrons. The van der Waals surface area contributed by atoms with Crippen LogP contribution in [0.3, 0.4) is 0 Å². The van der Waals surface area contributed by atoms with E-state index in [1.54, 1.807) is 7.11 Å². The molecule has 1 atom stereocenters. The average Bonchev–Trinajstić information content (AvgIpc) is 2.90. The molecule has 3 heterocycles. The quantitative estimate of drug-likeness (QED) is 0.857. The van der Waals surface area contributed by atoms with E-state index in [0.29, 0.717) is 6.04 Å². The smallest absolute Gasteiger partial charge is 0.164 e.